The number of benzene rings is 1. The van der Waals surface area contributed by atoms with Gasteiger partial charge in [-0.05, 0) is 18.2 Å². The third-order valence-electron chi connectivity index (χ3n) is 2.01. The molecule has 0 heterocycles. The van der Waals surface area contributed by atoms with Crippen LogP contribution in [0.2, 0.25) is 0 Å². The molecule has 0 aliphatic carbocycles. The molecule has 0 unspecified atom stereocenters. The topological polar surface area (TPSA) is 73.6 Å². The van der Waals surface area contributed by atoms with Crippen molar-refractivity contribution in [2.45, 2.75) is 6.18 Å². The van der Waals surface area contributed by atoms with Gasteiger partial charge in [0.05, 0.1) is 12.8 Å². The summed E-state index contributed by atoms with van der Waals surface area (Å²) in [5.41, 5.74) is 6.26. The molecular weight excluding hydrogens is 301 g/mol. The molecule has 0 aliphatic heterocycles. The molecule has 0 fully saturated rings. The molecule has 9 heteroatoms. The quantitative estimate of drug-likeness (QED) is 0.817. The Kier molecular flexibility index (Phi) is 7.16. The van der Waals surface area contributed by atoms with Crippen molar-refractivity contribution >= 4 is 29.7 Å². The first-order valence-electron chi connectivity index (χ1n) is 5.19. The SMILES string of the molecule is COc1ccc(NC(=O)COCC(F)(F)F)cc1N.Cl. The molecule has 1 amide bonds. The van der Waals surface area contributed by atoms with Crippen molar-refractivity contribution in [3.05, 3.63) is 18.2 Å². The van der Waals surface area contributed by atoms with Crippen molar-refractivity contribution < 1.29 is 27.4 Å². The van der Waals surface area contributed by atoms with Gasteiger partial charge in [0.15, 0.2) is 0 Å². The van der Waals surface area contributed by atoms with Gasteiger partial charge in [0.1, 0.15) is 19.0 Å². The molecular formula is C11H14ClF3N2O3. The normalized spacial score (nSPS) is 10.6. The van der Waals surface area contributed by atoms with Gasteiger partial charge in [0, 0.05) is 5.69 Å². The molecule has 20 heavy (non-hydrogen) atoms. The predicted molar refractivity (Wildman–Crippen MR) is 70.2 cm³/mol. The van der Waals surface area contributed by atoms with Crippen molar-refractivity contribution in [1.29, 1.82) is 0 Å². The average molecular weight is 315 g/mol. The van der Waals surface area contributed by atoms with Gasteiger partial charge in [-0.1, -0.05) is 0 Å². The number of alkyl halides is 3. The molecule has 3 N–H and O–H groups in total. The molecule has 0 aliphatic rings. The Bertz CT molecular complexity index is 455. The number of carbonyl (C=O) groups is 1. The van der Waals surface area contributed by atoms with Crippen LogP contribution in [0.1, 0.15) is 0 Å². The maximum Gasteiger partial charge on any atom is 0.411 e. The molecule has 0 spiro atoms. The second kappa shape index (κ2) is 7.81. The molecule has 114 valence electrons. The minimum atomic E-state index is -4.45. The van der Waals surface area contributed by atoms with Gasteiger partial charge in [0.2, 0.25) is 5.91 Å². The summed E-state index contributed by atoms with van der Waals surface area (Å²) >= 11 is 0. The molecule has 0 saturated carbocycles. The lowest BCUT2D eigenvalue weighted by Gasteiger charge is -2.10. The number of carbonyl (C=O) groups excluding carboxylic acids is 1. The van der Waals surface area contributed by atoms with Crippen LogP contribution in [0.3, 0.4) is 0 Å². The van der Waals surface area contributed by atoms with Crippen LogP contribution in [0.4, 0.5) is 24.5 Å². The minimum Gasteiger partial charge on any atom is -0.495 e. The van der Waals surface area contributed by atoms with Crippen LogP contribution in [-0.2, 0) is 9.53 Å². The van der Waals surface area contributed by atoms with Gasteiger partial charge in [-0.3, -0.25) is 4.79 Å². The fourth-order valence-electron chi connectivity index (χ4n) is 1.27. The van der Waals surface area contributed by atoms with E-state index >= 15 is 0 Å². The van der Waals surface area contributed by atoms with Crippen LogP contribution < -0.4 is 15.8 Å². The van der Waals surface area contributed by atoms with Gasteiger partial charge >= 0.3 is 6.18 Å². The molecule has 0 radical (unpaired) electrons. The lowest BCUT2D eigenvalue weighted by Crippen LogP contribution is -2.24. The van der Waals surface area contributed by atoms with Crippen LogP contribution in [-0.4, -0.2) is 32.4 Å². The summed E-state index contributed by atoms with van der Waals surface area (Å²) in [7, 11) is 1.44. The van der Waals surface area contributed by atoms with Gasteiger partial charge in [-0.2, -0.15) is 13.2 Å². The monoisotopic (exact) mass is 314 g/mol. The predicted octanol–water partition coefficient (Wildman–Crippen LogP) is 2.22. The molecule has 1 aromatic rings. The summed E-state index contributed by atoms with van der Waals surface area (Å²) in [6, 6.07) is 4.47. The highest BCUT2D eigenvalue weighted by Gasteiger charge is 2.27. The van der Waals surface area contributed by atoms with E-state index in [2.05, 4.69) is 10.1 Å². The molecule has 0 bridgehead atoms. The van der Waals surface area contributed by atoms with Crippen molar-refractivity contribution in [3.8, 4) is 5.75 Å². The molecule has 5 nitrogen and oxygen atoms in total. The van der Waals surface area contributed by atoms with E-state index in [1.54, 1.807) is 0 Å². The fourth-order valence-corrected chi connectivity index (χ4v) is 1.27. The van der Waals surface area contributed by atoms with Crippen LogP contribution >= 0.6 is 12.4 Å². The second-order valence-corrected chi connectivity index (χ2v) is 3.61. The van der Waals surface area contributed by atoms with E-state index in [-0.39, 0.29) is 12.4 Å². The lowest BCUT2D eigenvalue weighted by molar-refractivity contribution is -0.174. The average Bonchev–Trinajstić information content (AvgIpc) is 2.27. The highest BCUT2D eigenvalue weighted by molar-refractivity contribution is 5.92. The number of amides is 1. The third-order valence-corrected chi connectivity index (χ3v) is 2.01. The van der Waals surface area contributed by atoms with E-state index in [0.717, 1.165) is 0 Å². The van der Waals surface area contributed by atoms with E-state index < -0.39 is 25.3 Å². The number of nitrogen functional groups attached to an aromatic ring is 1. The van der Waals surface area contributed by atoms with Crippen LogP contribution in [0.25, 0.3) is 0 Å². The molecule has 0 saturated heterocycles. The Labute approximate surface area is 119 Å². The summed E-state index contributed by atoms with van der Waals surface area (Å²) in [6.07, 6.45) is -4.45. The van der Waals surface area contributed by atoms with Gasteiger partial charge in [-0.25, -0.2) is 0 Å². The van der Waals surface area contributed by atoms with Crippen LogP contribution in [0.15, 0.2) is 18.2 Å². The maximum absolute atomic E-state index is 11.8. The van der Waals surface area contributed by atoms with Gasteiger partial charge < -0.3 is 20.5 Å². The Morgan fingerprint density at radius 3 is 2.55 bits per heavy atom. The molecule has 1 rings (SSSR count). The van der Waals surface area contributed by atoms with E-state index in [1.165, 1.54) is 25.3 Å². The second-order valence-electron chi connectivity index (χ2n) is 3.61. The Morgan fingerprint density at radius 2 is 2.05 bits per heavy atom. The number of halogens is 4. The lowest BCUT2D eigenvalue weighted by atomic mass is 10.2. The molecule has 0 atom stereocenters. The first-order chi connectivity index (χ1) is 8.81. The zero-order chi connectivity index (χ0) is 14.5. The Morgan fingerprint density at radius 1 is 1.40 bits per heavy atom. The Balaban J connectivity index is 0.00000361. The summed E-state index contributed by atoms with van der Waals surface area (Å²) in [6.45, 7) is -2.16. The summed E-state index contributed by atoms with van der Waals surface area (Å²) in [5.74, 6) is -0.264. The van der Waals surface area contributed by atoms with E-state index in [4.69, 9.17) is 10.5 Å². The van der Waals surface area contributed by atoms with Gasteiger partial charge in [-0.15, -0.1) is 12.4 Å². The number of rotatable bonds is 5. The Hall–Kier alpha value is -1.67. The van der Waals surface area contributed by atoms with Gasteiger partial charge in [0.25, 0.3) is 0 Å². The standard InChI is InChI=1S/C11H13F3N2O3.ClH/c1-18-9-3-2-7(4-8(9)15)16-10(17)5-19-6-11(12,13)14;/h2-4H,5-6,15H2,1H3,(H,16,17);1H. The van der Waals surface area contributed by atoms with E-state index in [0.29, 0.717) is 17.1 Å². The number of nitrogens with one attached hydrogen (secondary N) is 1. The third kappa shape index (κ3) is 6.48. The smallest absolute Gasteiger partial charge is 0.411 e. The van der Waals surface area contributed by atoms with E-state index in [9.17, 15) is 18.0 Å². The molecule has 1 aromatic carbocycles. The number of hydrogen-bond donors (Lipinski definition) is 2. The molecule has 0 aromatic heterocycles. The summed E-state index contributed by atoms with van der Waals surface area (Å²) in [5, 5.41) is 2.35. The minimum absolute atomic E-state index is 0. The fraction of sp³-hybridized carbons (Fsp3) is 0.364. The van der Waals surface area contributed by atoms with Crippen molar-refractivity contribution in [2.24, 2.45) is 0 Å². The number of hydrogen-bond acceptors (Lipinski definition) is 4. The van der Waals surface area contributed by atoms with E-state index in [1.807, 2.05) is 0 Å². The highest BCUT2D eigenvalue weighted by atomic mass is 35.5. The van der Waals surface area contributed by atoms with Crippen molar-refractivity contribution in [1.82, 2.24) is 0 Å². The number of anilines is 2. The zero-order valence-corrected chi connectivity index (χ0v) is 11.3. The largest absolute Gasteiger partial charge is 0.495 e. The summed E-state index contributed by atoms with van der Waals surface area (Å²) in [4.78, 5) is 11.3. The van der Waals surface area contributed by atoms with Crippen molar-refractivity contribution in [3.63, 3.8) is 0 Å². The zero-order valence-electron chi connectivity index (χ0n) is 10.5. The number of methoxy groups -OCH3 is 1. The van der Waals surface area contributed by atoms with Crippen molar-refractivity contribution in [2.75, 3.05) is 31.4 Å². The number of nitrogens with two attached hydrogens (primary N) is 1. The first kappa shape index (κ1) is 18.3. The number of ether oxygens (including phenoxy) is 2. The highest BCUT2D eigenvalue weighted by Crippen LogP contribution is 2.24. The van der Waals surface area contributed by atoms with Crippen LogP contribution in [0.5, 0.6) is 5.75 Å². The first-order valence-corrected chi connectivity index (χ1v) is 5.19. The van der Waals surface area contributed by atoms with Crippen LogP contribution in [0, 0.1) is 0 Å². The maximum atomic E-state index is 11.8. The summed E-state index contributed by atoms with van der Waals surface area (Å²) < 4.78 is 44.5.